The number of alkyl halides is 3. The standard InChI is InChI=1S/C24H35F3N2O4.H2/c1-16(2)32-19-7-6-18(12-17(19)3)21(30)29-10-8-23(9-11-29)14-28(15-24(25,26)27)13-20(33-23)22(4,5)31;/h6-7,12,16,20,31H,8-11,13-15H2,1-5H3;1H. The predicted molar refractivity (Wildman–Crippen MR) is 121 cm³/mol. The van der Waals surface area contributed by atoms with Crippen molar-refractivity contribution in [2.45, 2.75) is 77.0 Å². The predicted octanol–water partition coefficient (Wildman–Crippen LogP) is 4.04. The molecule has 1 unspecified atom stereocenters. The van der Waals surface area contributed by atoms with Crippen LogP contribution >= 0.6 is 0 Å². The van der Waals surface area contributed by atoms with Gasteiger partial charge in [-0.05, 0) is 71.2 Å². The van der Waals surface area contributed by atoms with Crippen LogP contribution in [0.3, 0.4) is 0 Å². The van der Waals surface area contributed by atoms with Crippen LogP contribution in [-0.4, -0.2) is 83.1 Å². The Morgan fingerprint density at radius 2 is 1.94 bits per heavy atom. The van der Waals surface area contributed by atoms with Crippen LogP contribution in [0.2, 0.25) is 0 Å². The highest BCUT2D eigenvalue weighted by molar-refractivity contribution is 5.94. The number of benzene rings is 1. The van der Waals surface area contributed by atoms with Crippen molar-refractivity contribution < 1.29 is 34.0 Å². The third-order valence-electron chi connectivity index (χ3n) is 6.27. The molecule has 3 rings (SSSR count). The zero-order chi connectivity index (χ0) is 24.6. The summed E-state index contributed by atoms with van der Waals surface area (Å²) in [5.41, 5.74) is -0.677. The molecule has 6 nitrogen and oxygen atoms in total. The summed E-state index contributed by atoms with van der Waals surface area (Å²) in [5.74, 6) is 0.614. The van der Waals surface area contributed by atoms with E-state index in [2.05, 4.69) is 0 Å². The summed E-state index contributed by atoms with van der Waals surface area (Å²) in [7, 11) is 0. The van der Waals surface area contributed by atoms with E-state index in [-0.39, 0.29) is 26.5 Å². The Morgan fingerprint density at radius 3 is 2.45 bits per heavy atom. The van der Waals surface area contributed by atoms with Gasteiger partial charge in [0, 0.05) is 33.2 Å². The summed E-state index contributed by atoms with van der Waals surface area (Å²) in [6.07, 6.45) is -4.22. The molecular weight excluding hydrogens is 437 g/mol. The molecule has 2 fully saturated rings. The monoisotopic (exact) mass is 474 g/mol. The first-order valence-corrected chi connectivity index (χ1v) is 11.4. The van der Waals surface area contributed by atoms with Crippen LogP contribution in [-0.2, 0) is 4.74 Å². The van der Waals surface area contributed by atoms with Crippen LogP contribution in [0, 0.1) is 6.92 Å². The fraction of sp³-hybridized carbons (Fsp3) is 0.708. The molecule has 2 aliphatic heterocycles. The van der Waals surface area contributed by atoms with Gasteiger partial charge in [0.25, 0.3) is 5.91 Å². The Labute approximate surface area is 195 Å². The zero-order valence-electron chi connectivity index (χ0n) is 20.0. The fourth-order valence-electron chi connectivity index (χ4n) is 4.57. The van der Waals surface area contributed by atoms with E-state index in [4.69, 9.17) is 9.47 Å². The highest BCUT2D eigenvalue weighted by Gasteiger charge is 2.49. The molecule has 0 bridgehead atoms. The van der Waals surface area contributed by atoms with Gasteiger partial charge in [-0.3, -0.25) is 9.69 Å². The molecule has 1 aromatic rings. The largest absolute Gasteiger partial charge is 0.491 e. The molecule has 1 atom stereocenters. The van der Waals surface area contributed by atoms with E-state index >= 15 is 0 Å². The van der Waals surface area contributed by atoms with Crippen molar-refractivity contribution in [1.29, 1.82) is 0 Å². The van der Waals surface area contributed by atoms with E-state index in [1.54, 1.807) is 36.9 Å². The Bertz CT molecular complexity index is 850. The number of piperidine rings is 1. The first-order valence-electron chi connectivity index (χ1n) is 11.4. The third kappa shape index (κ3) is 6.61. The molecule has 33 heavy (non-hydrogen) atoms. The molecule has 1 aromatic carbocycles. The van der Waals surface area contributed by atoms with Crippen molar-refractivity contribution in [2.75, 3.05) is 32.7 Å². The van der Waals surface area contributed by atoms with E-state index in [1.165, 1.54) is 4.90 Å². The van der Waals surface area contributed by atoms with Gasteiger partial charge in [0.2, 0.25) is 0 Å². The van der Waals surface area contributed by atoms with Gasteiger partial charge in [-0.25, -0.2) is 0 Å². The van der Waals surface area contributed by atoms with E-state index < -0.39 is 30.0 Å². The van der Waals surface area contributed by atoms with Gasteiger partial charge >= 0.3 is 6.18 Å². The van der Waals surface area contributed by atoms with Crippen molar-refractivity contribution in [1.82, 2.24) is 9.80 Å². The number of aryl methyl sites for hydroxylation is 1. The van der Waals surface area contributed by atoms with E-state index in [1.807, 2.05) is 20.8 Å². The van der Waals surface area contributed by atoms with E-state index in [9.17, 15) is 23.1 Å². The van der Waals surface area contributed by atoms with Gasteiger partial charge in [-0.15, -0.1) is 0 Å². The Hall–Kier alpha value is -1.84. The number of hydrogen-bond donors (Lipinski definition) is 1. The second kappa shape index (κ2) is 9.43. The topological polar surface area (TPSA) is 62.2 Å². The lowest BCUT2D eigenvalue weighted by Gasteiger charge is -2.52. The minimum Gasteiger partial charge on any atom is -0.491 e. The lowest BCUT2D eigenvalue weighted by Crippen LogP contribution is -2.64. The molecule has 188 valence electrons. The lowest BCUT2D eigenvalue weighted by molar-refractivity contribution is -0.236. The lowest BCUT2D eigenvalue weighted by atomic mass is 9.86. The minimum absolute atomic E-state index is 0. The Kier molecular flexibility index (Phi) is 7.36. The maximum atomic E-state index is 13.1. The SMILES string of the molecule is Cc1cc(C(=O)N2CCC3(CC2)CN(CC(F)(F)F)CC(C(C)(C)O)O3)ccc1OC(C)C.[HH]. The highest BCUT2D eigenvalue weighted by Crippen LogP contribution is 2.36. The quantitative estimate of drug-likeness (QED) is 0.698. The number of nitrogens with zero attached hydrogens (tertiary/aromatic N) is 2. The molecular formula is C24H37F3N2O4. The van der Waals surface area contributed by atoms with E-state index in [0.717, 1.165) is 11.3 Å². The molecule has 1 N–H and O–H groups in total. The van der Waals surface area contributed by atoms with Crippen molar-refractivity contribution in [2.24, 2.45) is 0 Å². The molecule has 1 spiro atoms. The van der Waals surface area contributed by atoms with Gasteiger partial charge in [0.1, 0.15) is 5.75 Å². The van der Waals surface area contributed by atoms with Crippen LogP contribution < -0.4 is 4.74 Å². The summed E-state index contributed by atoms with van der Waals surface area (Å²) in [4.78, 5) is 16.1. The molecule has 9 heteroatoms. The molecule has 2 heterocycles. The van der Waals surface area contributed by atoms with Crippen LogP contribution in [0.25, 0.3) is 0 Å². The number of ether oxygens (including phenoxy) is 2. The summed E-state index contributed by atoms with van der Waals surface area (Å²) >= 11 is 0. The van der Waals surface area contributed by atoms with Gasteiger partial charge in [-0.1, -0.05) is 0 Å². The fourth-order valence-corrected chi connectivity index (χ4v) is 4.57. The number of carbonyl (C=O) groups excluding carboxylic acids is 1. The number of amides is 1. The summed E-state index contributed by atoms with van der Waals surface area (Å²) in [6.45, 7) is 8.71. The average Bonchev–Trinajstić information content (AvgIpc) is 2.67. The normalized spacial score (nSPS) is 22.1. The molecule has 0 radical (unpaired) electrons. The Morgan fingerprint density at radius 1 is 1.30 bits per heavy atom. The van der Waals surface area contributed by atoms with Crippen molar-refractivity contribution >= 4 is 5.91 Å². The zero-order valence-corrected chi connectivity index (χ0v) is 20.0. The average molecular weight is 475 g/mol. The second-order valence-electron chi connectivity index (χ2n) is 10.2. The maximum Gasteiger partial charge on any atom is 0.401 e. The second-order valence-corrected chi connectivity index (χ2v) is 10.2. The van der Waals surface area contributed by atoms with Gasteiger partial charge in [0.15, 0.2) is 0 Å². The number of rotatable bonds is 5. The summed E-state index contributed by atoms with van der Waals surface area (Å²) in [5, 5.41) is 10.5. The van der Waals surface area contributed by atoms with Crippen LogP contribution in [0.4, 0.5) is 13.2 Å². The minimum atomic E-state index is -4.33. The summed E-state index contributed by atoms with van der Waals surface area (Å²) < 4.78 is 51.2. The Balaban J connectivity index is 0.00000408. The van der Waals surface area contributed by atoms with Crippen molar-refractivity contribution in [3.05, 3.63) is 29.3 Å². The van der Waals surface area contributed by atoms with Crippen molar-refractivity contribution in [3.63, 3.8) is 0 Å². The van der Waals surface area contributed by atoms with E-state index in [0.29, 0.717) is 31.5 Å². The molecule has 1 amide bonds. The smallest absolute Gasteiger partial charge is 0.401 e. The molecule has 0 aromatic heterocycles. The first kappa shape index (κ1) is 25.8. The maximum absolute atomic E-state index is 13.1. The molecule has 2 aliphatic rings. The number of morpholine rings is 1. The number of carbonyl (C=O) groups is 1. The summed E-state index contributed by atoms with van der Waals surface area (Å²) in [6, 6.07) is 5.34. The van der Waals surface area contributed by atoms with Crippen LogP contribution in [0.1, 0.15) is 57.9 Å². The van der Waals surface area contributed by atoms with Gasteiger partial charge in [0.05, 0.1) is 30.0 Å². The molecule has 0 saturated carbocycles. The number of halogens is 3. The van der Waals surface area contributed by atoms with Crippen LogP contribution in [0.15, 0.2) is 18.2 Å². The van der Waals surface area contributed by atoms with Crippen molar-refractivity contribution in [3.8, 4) is 5.75 Å². The molecule has 2 saturated heterocycles. The number of likely N-dealkylation sites (tertiary alicyclic amines) is 1. The van der Waals surface area contributed by atoms with Crippen LogP contribution in [0.5, 0.6) is 5.75 Å². The van der Waals surface area contributed by atoms with Gasteiger partial charge in [-0.2, -0.15) is 13.2 Å². The first-order chi connectivity index (χ1) is 15.2. The number of aliphatic hydroxyl groups is 1. The van der Waals surface area contributed by atoms with Gasteiger partial charge < -0.3 is 19.5 Å². The highest BCUT2D eigenvalue weighted by atomic mass is 19.4. The number of hydrogen-bond acceptors (Lipinski definition) is 5. The third-order valence-corrected chi connectivity index (χ3v) is 6.27. The molecule has 0 aliphatic carbocycles.